The summed E-state index contributed by atoms with van der Waals surface area (Å²) in [4.78, 5) is 2.95. The molecule has 0 aliphatic carbocycles. The lowest BCUT2D eigenvalue weighted by Crippen LogP contribution is -2.32. The lowest BCUT2D eigenvalue weighted by Gasteiger charge is -2.22. The van der Waals surface area contributed by atoms with Crippen molar-refractivity contribution < 1.29 is 0 Å². The zero-order valence-corrected chi connectivity index (χ0v) is 11.1. The average Bonchev–Trinajstić information content (AvgIpc) is 2.57. The summed E-state index contributed by atoms with van der Waals surface area (Å²) in [7, 11) is 0. The van der Waals surface area contributed by atoms with Gasteiger partial charge in [-0.15, -0.1) is 11.3 Å². The third-order valence-corrected chi connectivity index (χ3v) is 5.31. The van der Waals surface area contributed by atoms with Crippen LogP contribution in [-0.4, -0.2) is 17.5 Å². The van der Waals surface area contributed by atoms with Gasteiger partial charge in [0.25, 0.3) is 0 Å². The Labute approximate surface area is 101 Å². The second-order valence-corrected chi connectivity index (χ2v) is 6.74. The molecule has 1 aromatic rings. The number of hydrogen-bond donors (Lipinski definition) is 1. The molecule has 1 N–H and O–H groups in total. The number of thioether (sulfide) groups is 1. The summed E-state index contributed by atoms with van der Waals surface area (Å²) in [6.07, 6.45) is 2.74. The normalized spacial score (nSPS) is 21.9. The van der Waals surface area contributed by atoms with Crippen molar-refractivity contribution in [1.82, 2.24) is 5.32 Å². The third kappa shape index (κ3) is 3.23. The van der Waals surface area contributed by atoms with Crippen LogP contribution in [0.15, 0.2) is 6.07 Å². The van der Waals surface area contributed by atoms with Gasteiger partial charge in [-0.05, 0) is 44.1 Å². The minimum absolute atomic E-state index is 0.742. The summed E-state index contributed by atoms with van der Waals surface area (Å²) < 4.78 is 0. The molecule has 84 valence electrons. The molecule has 0 amide bonds. The molecule has 1 saturated heterocycles. The van der Waals surface area contributed by atoms with Crippen LogP contribution in [0.5, 0.6) is 0 Å². The van der Waals surface area contributed by atoms with Crippen molar-refractivity contribution in [3.8, 4) is 0 Å². The van der Waals surface area contributed by atoms with Gasteiger partial charge in [0.1, 0.15) is 0 Å². The van der Waals surface area contributed by atoms with Crippen LogP contribution in [0.3, 0.4) is 0 Å². The summed E-state index contributed by atoms with van der Waals surface area (Å²) >= 11 is 4.02. The SMILES string of the molecule is Cc1cc(CNC2CCCSC2)sc1C. The number of aryl methyl sites for hydroxylation is 2. The van der Waals surface area contributed by atoms with Crippen molar-refractivity contribution in [1.29, 1.82) is 0 Å². The third-order valence-electron chi connectivity index (χ3n) is 2.94. The van der Waals surface area contributed by atoms with Gasteiger partial charge in [0.2, 0.25) is 0 Å². The first-order valence-electron chi connectivity index (χ1n) is 5.63. The number of nitrogens with one attached hydrogen (secondary N) is 1. The van der Waals surface area contributed by atoms with E-state index in [4.69, 9.17) is 0 Å². The summed E-state index contributed by atoms with van der Waals surface area (Å²) in [5, 5.41) is 3.67. The van der Waals surface area contributed by atoms with Crippen molar-refractivity contribution in [3.63, 3.8) is 0 Å². The van der Waals surface area contributed by atoms with Crippen molar-refractivity contribution in [3.05, 3.63) is 21.4 Å². The molecule has 2 rings (SSSR count). The topological polar surface area (TPSA) is 12.0 Å². The van der Waals surface area contributed by atoms with Crippen LogP contribution in [0.25, 0.3) is 0 Å². The molecule has 15 heavy (non-hydrogen) atoms. The monoisotopic (exact) mass is 241 g/mol. The molecule has 1 fully saturated rings. The first-order valence-corrected chi connectivity index (χ1v) is 7.60. The van der Waals surface area contributed by atoms with E-state index < -0.39 is 0 Å². The molecule has 0 spiro atoms. The van der Waals surface area contributed by atoms with E-state index in [9.17, 15) is 0 Å². The summed E-state index contributed by atoms with van der Waals surface area (Å²) in [6.45, 7) is 5.47. The average molecular weight is 241 g/mol. The zero-order chi connectivity index (χ0) is 10.7. The maximum absolute atomic E-state index is 3.67. The summed E-state index contributed by atoms with van der Waals surface area (Å²) in [6, 6.07) is 3.06. The lowest BCUT2D eigenvalue weighted by molar-refractivity contribution is 0.510. The van der Waals surface area contributed by atoms with E-state index in [0.717, 1.165) is 12.6 Å². The standard InChI is InChI=1S/C12H19NS2/c1-9-6-12(15-10(9)2)7-13-11-4-3-5-14-8-11/h6,11,13H,3-5,7-8H2,1-2H3. The molecule has 1 nitrogen and oxygen atoms in total. The van der Waals surface area contributed by atoms with E-state index >= 15 is 0 Å². The highest BCUT2D eigenvalue weighted by molar-refractivity contribution is 7.99. The van der Waals surface area contributed by atoms with E-state index in [2.05, 4.69) is 37.0 Å². The minimum Gasteiger partial charge on any atom is -0.308 e. The molecule has 0 saturated carbocycles. The largest absolute Gasteiger partial charge is 0.308 e. The van der Waals surface area contributed by atoms with Crippen molar-refractivity contribution in [2.24, 2.45) is 0 Å². The molecule has 3 heteroatoms. The predicted molar refractivity (Wildman–Crippen MR) is 71.0 cm³/mol. The second kappa shape index (κ2) is 5.37. The Kier molecular flexibility index (Phi) is 4.12. The van der Waals surface area contributed by atoms with Crippen molar-refractivity contribution >= 4 is 23.1 Å². The van der Waals surface area contributed by atoms with Crippen LogP contribution < -0.4 is 5.32 Å². The summed E-state index contributed by atoms with van der Waals surface area (Å²) in [5.74, 6) is 2.65. The fraction of sp³-hybridized carbons (Fsp3) is 0.667. The number of hydrogen-bond acceptors (Lipinski definition) is 3. The molecule has 1 unspecified atom stereocenters. The fourth-order valence-corrected chi connectivity index (χ4v) is 3.99. The quantitative estimate of drug-likeness (QED) is 0.871. The Bertz CT molecular complexity index is 294. The van der Waals surface area contributed by atoms with Gasteiger partial charge in [0, 0.05) is 28.1 Å². The molecule has 2 heterocycles. The lowest BCUT2D eigenvalue weighted by atomic mass is 10.2. The van der Waals surface area contributed by atoms with Gasteiger partial charge in [0.15, 0.2) is 0 Å². The van der Waals surface area contributed by atoms with Crippen molar-refractivity contribution in [2.75, 3.05) is 11.5 Å². The van der Waals surface area contributed by atoms with E-state index in [0.29, 0.717) is 0 Å². The molecule has 1 aliphatic rings. The maximum Gasteiger partial charge on any atom is 0.0302 e. The fourth-order valence-electron chi connectivity index (χ4n) is 1.88. The van der Waals surface area contributed by atoms with Crippen LogP contribution in [0.1, 0.15) is 28.2 Å². The predicted octanol–water partition coefficient (Wildman–Crippen LogP) is 3.35. The van der Waals surface area contributed by atoms with E-state index in [1.165, 1.54) is 39.7 Å². The van der Waals surface area contributed by atoms with Crippen LogP contribution in [0.2, 0.25) is 0 Å². The van der Waals surface area contributed by atoms with E-state index in [1.807, 2.05) is 11.3 Å². The molecule has 0 bridgehead atoms. The smallest absolute Gasteiger partial charge is 0.0302 e. The highest BCUT2D eigenvalue weighted by Crippen LogP contribution is 2.22. The van der Waals surface area contributed by atoms with Crippen LogP contribution in [0, 0.1) is 13.8 Å². The van der Waals surface area contributed by atoms with Crippen molar-refractivity contribution in [2.45, 2.75) is 39.3 Å². The molecule has 0 radical (unpaired) electrons. The van der Waals surface area contributed by atoms with E-state index in [1.54, 1.807) is 0 Å². The molecular weight excluding hydrogens is 222 g/mol. The maximum atomic E-state index is 3.67. The zero-order valence-electron chi connectivity index (χ0n) is 9.51. The van der Waals surface area contributed by atoms with Gasteiger partial charge in [-0.25, -0.2) is 0 Å². The van der Waals surface area contributed by atoms with Gasteiger partial charge in [-0.2, -0.15) is 11.8 Å². The highest BCUT2D eigenvalue weighted by atomic mass is 32.2. The Morgan fingerprint density at radius 3 is 2.93 bits per heavy atom. The van der Waals surface area contributed by atoms with Gasteiger partial charge >= 0.3 is 0 Å². The van der Waals surface area contributed by atoms with Crippen LogP contribution in [-0.2, 0) is 6.54 Å². The molecule has 1 atom stereocenters. The Hall–Kier alpha value is 0.01000. The first kappa shape index (κ1) is 11.5. The number of rotatable bonds is 3. The Morgan fingerprint density at radius 2 is 2.33 bits per heavy atom. The highest BCUT2D eigenvalue weighted by Gasteiger charge is 2.13. The van der Waals surface area contributed by atoms with Gasteiger partial charge in [-0.3, -0.25) is 0 Å². The molecule has 1 aliphatic heterocycles. The number of thiophene rings is 1. The van der Waals surface area contributed by atoms with Gasteiger partial charge < -0.3 is 5.32 Å². The molecule has 0 aromatic carbocycles. The van der Waals surface area contributed by atoms with Crippen LogP contribution >= 0.6 is 23.1 Å². The van der Waals surface area contributed by atoms with E-state index in [-0.39, 0.29) is 0 Å². The second-order valence-electron chi connectivity index (χ2n) is 4.25. The first-order chi connectivity index (χ1) is 7.25. The minimum atomic E-state index is 0.742. The van der Waals surface area contributed by atoms with Gasteiger partial charge in [-0.1, -0.05) is 0 Å². The van der Waals surface area contributed by atoms with Gasteiger partial charge in [0.05, 0.1) is 0 Å². The Morgan fingerprint density at radius 1 is 1.47 bits per heavy atom. The van der Waals surface area contributed by atoms with Crippen LogP contribution in [0.4, 0.5) is 0 Å². The summed E-state index contributed by atoms with van der Waals surface area (Å²) in [5.41, 5.74) is 1.44. The molecule has 1 aromatic heterocycles. The molecular formula is C12H19NS2. The Balaban J connectivity index is 1.81.